The third-order valence-corrected chi connectivity index (χ3v) is 3.48. The van der Waals surface area contributed by atoms with Crippen LogP contribution in [-0.4, -0.2) is 23.6 Å². The summed E-state index contributed by atoms with van der Waals surface area (Å²) < 4.78 is 22.4. The van der Waals surface area contributed by atoms with E-state index in [0.717, 1.165) is 0 Å². The maximum atomic E-state index is 11.2. The number of nitrogen functional groups attached to an aromatic ring is 1. The van der Waals surface area contributed by atoms with Gasteiger partial charge in [-0.15, -0.1) is 0 Å². The number of rotatable bonds is 4. The maximum absolute atomic E-state index is 11.2. The summed E-state index contributed by atoms with van der Waals surface area (Å²) in [5.41, 5.74) is 6.67. The van der Waals surface area contributed by atoms with Crippen molar-refractivity contribution in [3.63, 3.8) is 0 Å². The summed E-state index contributed by atoms with van der Waals surface area (Å²) in [6, 6.07) is 4.11. The van der Waals surface area contributed by atoms with Crippen molar-refractivity contribution in [2.24, 2.45) is 5.14 Å². The van der Waals surface area contributed by atoms with E-state index >= 15 is 0 Å². The van der Waals surface area contributed by atoms with Crippen LogP contribution in [0, 0.1) is 0 Å². The van der Waals surface area contributed by atoms with Crippen LogP contribution in [0.25, 0.3) is 0 Å². The van der Waals surface area contributed by atoms with E-state index in [9.17, 15) is 8.42 Å². The van der Waals surface area contributed by atoms with Crippen molar-refractivity contribution in [1.82, 2.24) is 15.2 Å². The Kier molecular flexibility index (Phi) is 3.40. The van der Waals surface area contributed by atoms with Crippen LogP contribution in [0.3, 0.4) is 0 Å². The molecule has 0 aliphatic rings. The highest BCUT2D eigenvalue weighted by molar-refractivity contribution is 7.89. The van der Waals surface area contributed by atoms with Crippen molar-refractivity contribution in [2.45, 2.75) is 17.9 Å². The molecule has 19 heavy (non-hydrogen) atoms. The highest BCUT2D eigenvalue weighted by Crippen LogP contribution is 2.25. The predicted octanol–water partition coefficient (Wildman–Crippen LogP) is 0.207. The van der Waals surface area contributed by atoms with E-state index < -0.39 is 10.0 Å². The van der Waals surface area contributed by atoms with Crippen molar-refractivity contribution in [2.75, 3.05) is 11.1 Å². The summed E-state index contributed by atoms with van der Waals surface area (Å²) in [7, 11) is -3.75. The Labute approximate surface area is 110 Å². The number of anilines is 2. The first kappa shape index (κ1) is 13.3. The Hall–Kier alpha value is -2.13. The number of sulfonamides is 1. The van der Waals surface area contributed by atoms with E-state index in [1.165, 1.54) is 18.5 Å². The monoisotopic (exact) mass is 282 g/mol. The molecule has 0 aliphatic heterocycles. The van der Waals surface area contributed by atoms with Gasteiger partial charge in [0.15, 0.2) is 0 Å². The first-order valence-electron chi connectivity index (χ1n) is 5.42. The minimum Gasteiger partial charge on any atom is -0.397 e. The zero-order valence-electron chi connectivity index (χ0n) is 10.2. The highest BCUT2D eigenvalue weighted by Gasteiger charge is 2.13. The van der Waals surface area contributed by atoms with Crippen LogP contribution in [0.2, 0.25) is 0 Å². The summed E-state index contributed by atoms with van der Waals surface area (Å²) >= 11 is 0. The van der Waals surface area contributed by atoms with E-state index in [1.54, 1.807) is 6.07 Å². The fraction of sp³-hybridized carbons (Fsp3) is 0.200. The average Bonchev–Trinajstić information content (AvgIpc) is 2.84. The molecule has 9 heteroatoms. The highest BCUT2D eigenvalue weighted by atomic mass is 32.2. The largest absolute Gasteiger partial charge is 0.397 e. The van der Waals surface area contributed by atoms with Gasteiger partial charge in [-0.1, -0.05) is 0 Å². The average molecular weight is 282 g/mol. The van der Waals surface area contributed by atoms with Crippen LogP contribution in [0.5, 0.6) is 0 Å². The Morgan fingerprint density at radius 1 is 1.42 bits per heavy atom. The van der Waals surface area contributed by atoms with Crippen LogP contribution in [0.4, 0.5) is 11.4 Å². The Balaban J connectivity index is 2.23. The molecule has 1 heterocycles. The number of primary sulfonamides is 1. The van der Waals surface area contributed by atoms with Gasteiger partial charge in [-0.2, -0.15) is 5.10 Å². The lowest BCUT2D eigenvalue weighted by Crippen LogP contribution is -2.14. The Morgan fingerprint density at radius 3 is 2.68 bits per heavy atom. The minimum atomic E-state index is -3.75. The van der Waals surface area contributed by atoms with Crippen molar-refractivity contribution in [1.29, 1.82) is 0 Å². The van der Waals surface area contributed by atoms with Gasteiger partial charge < -0.3 is 11.1 Å². The molecule has 0 saturated heterocycles. The first-order chi connectivity index (χ1) is 8.88. The molecular weight excluding hydrogens is 268 g/mol. The van der Waals surface area contributed by atoms with E-state index in [-0.39, 0.29) is 16.6 Å². The molecule has 0 bridgehead atoms. The normalized spacial score (nSPS) is 13.2. The number of nitrogens with one attached hydrogen (secondary N) is 2. The molecule has 0 saturated carbocycles. The molecule has 1 aromatic heterocycles. The lowest BCUT2D eigenvalue weighted by atomic mass is 10.2. The summed E-state index contributed by atoms with van der Waals surface area (Å²) in [6.45, 7) is 1.87. The predicted molar refractivity (Wildman–Crippen MR) is 70.6 cm³/mol. The van der Waals surface area contributed by atoms with Crippen LogP contribution in [0.1, 0.15) is 18.8 Å². The van der Waals surface area contributed by atoms with Gasteiger partial charge in [0.25, 0.3) is 0 Å². The Bertz CT molecular complexity index is 667. The van der Waals surface area contributed by atoms with E-state index in [4.69, 9.17) is 10.9 Å². The number of hydrogen-bond donors (Lipinski definition) is 4. The van der Waals surface area contributed by atoms with E-state index in [2.05, 4.69) is 20.5 Å². The molecule has 8 nitrogen and oxygen atoms in total. The molecule has 0 fully saturated rings. The smallest absolute Gasteiger partial charge is 0.238 e. The molecule has 1 unspecified atom stereocenters. The number of benzene rings is 1. The van der Waals surface area contributed by atoms with Gasteiger partial charge in [-0.25, -0.2) is 18.5 Å². The third kappa shape index (κ3) is 3.01. The molecule has 1 aromatic carbocycles. The summed E-state index contributed by atoms with van der Waals surface area (Å²) in [6.07, 6.45) is 1.40. The number of hydrogen-bond acceptors (Lipinski definition) is 6. The quantitative estimate of drug-likeness (QED) is 0.591. The fourth-order valence-electron chi connectivity index (χ4n) is 1.57. The summed E-state index contributed by atoms with van der Waals surface area (Å²) in [5.74, 6) is 0.648. The van der Waals surface area contributed by atoms with E-state index in [1.807, 2.05) is 6.92 Å². The number of aromatic nitrogens is 3. The number of nitrogens with two attached hydrogens (primary N) is 2. The second-order valence-corrected chi connectivity index (χ2v) is 5.59. The van der Waals surface area contributed by atoms with Crippen molar-refractivity contribution in [3.8, 4) is 0 Å². The topological polar surface area (TPSA) is 140 Å². The first-order valence-corrected chi connectivity index (χ1v) is 6.96. The van der Waals surface area contributed by atoms with Gasteiger partial charge in [0.1, 0.15) is 12.2 Å². The Morgan fingerprint density at radius 2 is 2.16 bits per heavy atom. The van der Waals surface area contributed by atoms with Gasteiger partial charge >= 0.3 is 0 Å². The van der Waals surface area contributed by atoms with Crippen LogP contribution >= 0.6 is 0 Å². The molecule has 0 spiro atoms. The fourth-order valence-corrected chi connectivity index (χ4v) is 2.12. The number of aromatic amines is 1. The number of nitrogens with zero attached hydrogens (tertiary/aromatic N) is 2. The molecular formula is C10H14N6O2S. The van der Waals surface area contributed by atoms with Crippen LogP contribution in [0.15, 0.2) is 29.4 Å². The van der Waals surface area contributed by atoms with E-state index in [0.29, 0.717) is 11.5 Å². The van der Waals surface area contributed by atoms with Gasteiger partial charge in [0, 0.05) is 0 Å². The lowest BCUT2D eigenvalue weighted by molar-refractivity contribution is 0.598. The maximum Gasteiger partial charge on any atom is 0.238 e. The van der Waals surface area contributed by atoms with Crippen LogP contribution in [-0.2, 0) is 10.0 Å². The van der Waals surface area contributed by atoms with Gasteiger partial charge in [-0.3, -0.25) is 5.10 Å². The molecule has 0 radical (unpaired) electrons. The standard InChI is InChI=1S/C10H14N6O2S/c1-6(10-13-5-14-16-10)15-9-3-2-7(4-8(9)11)19(12,17)18/h2-6,15H,11H2,1H3,(H2,12,17,18)(H,13,14,16). The minimum absolute atomic E-state index is 0.0251. The second-order valence-electron chi connectivity index (χ2n) is 4.03. The van der Waals surface area contributed by atoms with Gasteiger partial charge in [0.2, 0.25) is 10.0 Å². The second kappa shape index (κ2) is 4.86. The zero-order valence-corrected chi connectivity index (χ0v) is 11.0. The van der Waals surface area contributed by atoms with Crippen molar-refractivity contribution >= 4 is 21.4 Å². The zero-order chi connectivity index (χ0) is 14.0. The SMILES string of the molecule is CC(Nc1ccc(S(N)(=O)=O)cc1N)c1ncn[nH]1. The summed E-state index contributed by atoms with van der Waals surface area (Å²) in [5, 5.41) is 14.6. The van der Waals surface area contributed by atoms with Gasteiger partial charge in [0.05, 0.1) is 22.3 Å². The summed E-state index contributed by atoms with van der Waals surface area (Å²) in [4.78, 5) is 3.99. The molecule has 1 atom stereocenters. The molecule has 0 aliphatic carbocycles. The number of H-pyrrole nitrogens is 1. The molecule has 2 aromatic rings. The van der Waals surface area contributed by atoms with Gasteiger partial charge in [-0.05, 0) is 25.1 Å². The molecule has 6 N–H and O–H groups in total. The van der Waals surface area contributed by atoms with Crippen molar-refractivity contribution < 1.29 is 8.42 Å². The lowest BCUT2D eigenvalue weighted by Gasteiger charge is -2.15. The molecule has 0 amide bonds. The van der Waals surface area contributed by atoms with Crippen molar-refractivity contribution in [3.05, 3.63) is 30.4 Å². The van der Waals surface area contributed by atoms with Crippen LogP contribution < -0.4 is 16.2 Å². The molecule has 102 valence electrons. The third-order valence-electron chi connectivity index (χ3n) is 2.57. The molecule has 2 rings (SSSR count).